The second-order valence-corrected chi connectivity index (χ2v) is 6.11. The molecule has 0 radical (unpaired) electrons. The van der Waals surface area contributed by atoms with Gasteiger partial charge >= 0.3 is 6.03 Å². The van der Waals surface area contributed by atoms with Gasteiger partial charge in [0.25, 0.3) is 0 Å². The molecule has 2 heterocycles. The number of urea groups is 1. The number of fused-ring (bicyclic) bond motifs is 1. The third-order valence-electron chi connectivity index (χ3n) is 4.05. The van der Waals surface area contributed by atoms with E-state index in [9.17, 15) is 14.3 Å². The van der Waals surface area contributed by atoms with E-state index in [1.807, 2.05) is 6.20 Å². The predicted molar refractivity (Wildman–Crippen MR) is 91.6 cm³/mol. The Kier molecular flexibility index (Phi) is 4.76. The van der Waals surface area contributed by atoms with Crippen molar-refractivity contribution in [3.63, 3.8) is 0 Å². The minimum atomic E-state index is -1.28. The zero-order valence-electron chi connectivity index (χ0n) is 13.8. The highest BCUT2D eigenvalue weighted by atomic mass is 19.1. The van der Waals surface area contributed by atoms with Gasteiger partial charge in [0.15, 0.2) is 0 Å². The van der Waals surface area contributed by atoms with E-state index in [-0.39, 0.29) is 12.4 Å². The van der Waals surface area contributed by atoms with Crippen molar-refractivity contribution >= 4 is 16.9 Å². The summed E-state index contributed by atoms with van der Waals surface area (Å²) in [5, 5.41) is 16.4. The van der Waals surface area contributed by atoms with Gasteiger partial charge in [0.2, 0.25) is 0 Å². The SMILES string of the molecule is CC(O)(CNC(=O)NCCc1c[nH]c2ccc(F)cc12)c1ccco1. The Balaban J connectivity index is 1.48. The van der Waals surface area contributed by atoms with Crippen LogP contribution in [0.3, 0.4) is 0 Å². The molecule has 4 N–H and O–H groups in total. The molecule has 6 nitrogen and oxygen atoms in total. The normalized spacial score (nSPS) is 13.6. The van der Waals surface area contributed by atoms with Crippen LogP contribution in [0.2, 0.25) is 0 Å². The van der Waals surface area contributed by atoms with Crippen molar-refractivity contribution in [2.75, 3.05) is 13.1 Å². The molecule has 0 saturated carbocycles. The number of carbonyl (C=O) groups is 1. The summed E-state index contributed by atoms with van der Waals surface area (Å²) in [6.07, 6.45) is 3.84. The van der Waals surface area contributed by atoms with Gasteiger partial charge in [-0.1, -0.05) is 0 Å². The standard InChI is InChI=1S/C18H20FN3O3/c1-18(24,16-3-2-8-25-16)11-22-17(23)20-7-6-12-10-21-15-5-4-13(19)9-14(12)15/h2-5,8-10,21,24H,6-7,11H2,1H3,(H2,20,22,23). The Labute approximate surface area is 144 Å². The van der Waals surface area contributed by atoms with Crippen molar-refractivity contribution in [3.05, 3.63) is 59.9 Å². The molecule has 7 heteroatoms. The van der Waals surface area contributed by atoms with E-state index in [1.54, 1.807) is 25.1 Å². The largest absolute Gasteiger partial charge is 0.466 e. The Bertz CT molecular complexity index is 856. The maximum Gasteiger partial charge on any atom is 0.314 e. The second-order valence-electron chi connectivity index (χ2n) is 6.11. The number of furan rings is 1. The van der Waals surface area contributed by atoms with E-state index >= 15 is 0 Å². The molecule has 0 aliphatic heterocycles. The molecular formula is C18H20FN3O3. The molecule has 2 amide bonds. The molecule has 132 valence electrons. The summed E-state index contributed by atoms with van der Waals surface area (Å²) in [6, 6.07) is 7.49. The molecule has 0 spiro atoms. The van der Waals surface area contributed by atoms with Gasteiger partial charge in [0.05, 0.1) is 12.8 Å². The van der Waals surface area contributed by atoms with Crippen LogP contribution in [0.25, 0.3) is 10.9 Å². The number of nitrogens with one attached hydrogen (secondary N) is 3. The molecule has 3 rings (SSSR count). The number of rotatable bonds is 6. The van der Waals surface area contributed by atoms with Gasteiger partial charge in [-0.3, -0.25) is 0 Å². The quantitative estimate of drug-likeness (QED) is 0.554. The molecule has 0 aliphatic carbocycles. The van der Waals surface area contributed by atoms with Gasteiger partial charge in [0, 0.05) is 23.6 Å². The van der Waals surface area contributed by atoms with Crippen LogP contribution < -0.4 is 10.6 Å². The Morgan fingerprint density at radius 2 is 2.20 bits per heavy atom. The summed E-state index contributed by atoms with van der Waals surface area (Å²) in [5.41, 5.74) is 0.502. The number of aliphatic hydroxyl groups is 1. The first-order valence-electron chi connectivity index (χ1n) is 7.99. The van der Waals surface area contributed by atoms with Gasteiger partial charge in [-0.15, -0.1) is 0 Å². The average molecular weight is 345 g/mol. The molecule has 1 aromatic carbocycles. The Hall–Kier alpha value is -2.80. The van der Waals surface area contributed by atoms with E-state index in [0.29, 0.717) is 18.7 Å². The minimum Gasteiger partial charge on any atom is -0.466 e. The van der Waals surface area contributed by atoms with E-state index in [2.05, 4.69) is 15.6 Å². The molecule has 1 unspecified atom stereocenters. The van der Waals surface area contributed by atoms with Crippen molar-refractivity contribution in [2.45, 2.75) is 18.9 Å². The average Bonchev–Trinajstić information content (AvgIpc) is 3.24. The molecule has 1 atom stereocenters. The summed E-state index contributed by atoms with van der Waals surface area (Å²) < 4.78 is 18.5. The molecular weight excluding hydrogens is 325 g/mol. The smallest absolute Gasteiger partial charge is 0.314 e. The van der Waals surface area contributed by atoms with Crippen molar-refractivity contribution in [1.29, 1.82) is 0 Å². The number of amides is 2. The summed E-state index contributed by atoms with van der Waals surface area (Å²) >= 11 is 0. The van der Waals surface area contributed by atoms with Crippen LogP contribution in [0.5, 0.6) is 0 Å². The predicted octanol–water partition coefficient (Wildman–Crippen LogP) is 2.65. The van der Waals surface area contributed by atoms with Crippen LogP contribution in [0.4, 0.5) is 9.18 Å². The number of hydrogen-bond acceptors (Lipinski definition) is 3. The summed E-state index contributed by atoms with van der Waals surface area (Å²) in [7, 11) is 0. The highest BCUT2D eigenvalue weighted by Gasteiger charge is 2.26. The van der Waals surface area contributed by atoms with E-state index in [0.717, 1.165) is 16.5 Å². The molecule has 0 bridgehead atoms. The number of carbonyl (C=O) groups excluding carboxylic acids is 1. The van der Waals surface area contributed by atoms with Gasteiger partial charge in [-0.05, 0) is 49.2 Å². The molecule has 3 aromatic rings. The van der Waals surface area contributed by atoms with Gasteiger partial charge < -0.3 is 25.1 Å². The summed E-state index contributed by atoms with van der Waals surface area (Å²) in [4.78, 5) is 14.9. The minimum absolute atomic E-state index is 0.0185. The zero-order valence-corrected chi connectivity index (χ0v) is 13.8. The molecule has 2 aromatic heterocycles. The van der Waals surface area contributed by atoms with Crippen molar-refractivity contribution in [1.82, 2.24) is 15.6 Å². The van der Waals surface area contributed by atoms with Crippen LogP contribution in [-0.2, 0) is 12.0 Å². The van der Waals surface area contributed by atoms with E-state index in [1.165, 1.54) is 18.4 Å². The first-order valence-corrected chi connectivity index (χ1v) is 7.99. The number of aromatic nitrogens is 1. The van der Waals surface area contributed by atoms with Gasteiger partial charge in [0.1, 0.15) is 17.2 Å². The fourth-order valence-corrected chi connectivity index (χ4v) is 2.66. The monoisotopic (exact) mass is 345 g/mol. The first kappa shape index (κ1) is 17.0. The van der Waals surface area contributed by atoms with Crippen LogP contribution in [0, 0.1) is 5.82 Å². The van der Waals surface area contributed by atoms with Crippen molar-refractivity contribution in [2.24, 2.45) is 0 Å². The lowest BCUT2D eigenvalue weighted by atomic mass is 10.0. The van der Waals surface area contributed by atoms with Crippen LogP contribution >= 0.6 is 0 Å². The zero-order chi connectivity index (χ0) is 17.9. The third kappa shape index (κ3) is 4.00. The van der Waals surface area contributed by atoms with Crippen molar-refractivity contribution in [3.8, 4) is 0 Å². The van der Waals surface area contributed by atoms with Gasteiger partial charge in [-0.2, -0.15) is 0 Å². The lowest BCUT2D eigenvalue weighted by Crippen LogP contribution is -2.43. The van der Waals surface area contributed by atoms with Crippen LogP contribution in [0.1, 0.15) is 18.2 Å². The van der Waals surface area contributed by atoms with Crippen molar-refractivity contribution < 1.29 is 18.7 Å². The number of halogens is 1. The van der Waals surface area contributed by atoms with Crippen LogP contribution in [0.15, 0.2) is 47.2 Å². The number of H-pyrrole nitrogens is 1. The molecule has 0 saturated heterocycles. The van der Waals surface area contributed by atoms with E-state index in [4.69, 9.17) is 4.42 Å². The maximum atomic E-state index is 13.3. The molecule has 25 heavy (non-hydrogen) atoms. The first-order chi connectivity index (χ1) is 12.0. The number of benzene rings is 1. The Morgan fingerprint density at radius 1 is 1.36 bits per heavy atom. The Morgan fingerprint density at radius 3 is 2.96 bits per heavy atom. The lowest BCUT2D eigenvalue weighted by molar-refractivity contribution is 0.0367. The number of aromatic amines is 1. The maximum absolute atomic E-state index is 13.3. The summed E-state index contributed by atoms with van der Waals surface area (Å²) in [5.74, 6) is 0.0906. The number of hydrogen-bond donors (Lipinski definition) is 4. The summed E-state index contributed by atoms with van der Waals surface area (Å²) in [6.45, 7) is 1.97. The fourth-order valence-electron chi connectivity index (χ4n) is 2.66. The van der Waals surface area contributed by atoms with Gasteiger partial charge in [-0.25, -0.2) is 9.18 Å². The van der Waals surface area contributed by atoms with E-state index < -0.39 is 11.6 Å². The molecule has 0 fully saturated rings. The topological polar surface area (TPSA) is 90.3 Å². The fraction of sp³-hybridized carbons (Fsp3) is 0.278. The molecule has 0 aliphatic rings. The third-order valence-corrected chi connectivity index (χ3v) is 4.05. The van der Waals surface area contributed by atoms with Crippen LogP contribution in [-0.4, -0.2) is 29.2 Å². The lowest BCUT2D eigenvalue weighted by Gasteiger charge is -2.21. The highest BCUT2D eigenvalue weighted by Crippen LogP contribution is 2.20. The second kappa shape index (κ2) is 6.98. The highest BCUT2D eigenvalue weighted by molar-refractivity contribution is 5.83.